The number of benzene rings is 2. The Morgan fingerprint density at radius 1 is 0.955 bits per heavy atom. The van der Waals surface area contributed by atoms with E-state index in [0.717, 1.165) is 31.7 Å². The molecule has 0 radical (unpaired) electrons. The third kappa shape index (κ3) is 3.27. The fourth-order valence-electron chi connectivity index (χ4n) is 3.03. The van der Waals surface area contributed by atoms with Gasteiger partial charge in [-0.3, -0.25) is 4.90 Å². The van der Waals surface area contributed by atoms with Crippen molar-refractivity contribution < 1.29 is 5.11 Å². The van der Waals surface area contributed by atoms with Gasteiger partial charge < -0.3 is 10.0 Å². The summed E-state index contributed by atoms with van der Waals surface area (Å²) in [5.74, 6) is 0.147. The van der Waals surface area contributed by atoms with Gasteiger partial charge in [0.2, 0.25) is 0 Å². The minimum Gasteiger partial charge on any atom is -0.506 e. The molecule has 0 amide bonds. The lowest BCUT2D eigenvalue weighted by atomic mass is 9.96. The minimum atomic E-state index is 0.147. The van der Waals surface area contributed by atoms with Gasteiger partial charge in [0.15, 0.2) is 0 Å². The van der Waals surface area contributed by atoms with E-state index in [4.69, 9.17) is 11.6 Å². The van der Waals surface area contributed by atoms with Crippen LogP contribution in [-0.2, 0) is 0 Å². The molecule has 3 rings (SSSR count). The first-order valence-corrected chi connectivity index (χ1v) is 7.99. The summed E-state index contributed by atoms with van der Waals surface area (Å²) < 4.78 is 0. The molecule has 1 N–H and O–H groups in total. The number of halogens is 1. The average molecular weight is 317 g/mol. The molecule has 116 valence electrons. The lowest BCUT2D eigenvalue weighted by molar-refractivity contribution is 0.127. The molecule has 0 aliphatic carbocycles. The number of phenolic OH excluding ortho intramolecular Hbond substituents is 1. The van der Waals surface area contributed by atoms with Gasteiger partial charge in [0.25, 0.3) is 0 Å². The minimum absolute atomic E-state index is 0.147. The van der Waals surface area contributed by atoms with Crippen molar-refractivity contribution in [2.75, 3.05) is 33.2 Å². The molecule has 0 saturated carbocycles. The fraction of sp³-hybridized carbons (Fsp3) is 0.333. The highest BCUT2D eigenvalue weighted by Crippen LogP contribution is 2.33. The van der Waals surface area contributed by atoms with Crippen LogP contribution in [0.5, 0.6) is 5.75 Å². The monoisotopic (exact) mass is 316 g/mol. The summed E-state index contributed by atoms with van der Waals surface area (Å²) in [7, 11) is 2.16. The van der Waals surface area contributed by atoms with Crippen molar-refractivity contribution in [2.24, 2.45) is 0 Å². The van der Waals surface area contributed by atoms with Crippen molar-refractivity contribution in [1.82, 2.24) is 9.80 Å². The van der Waals surface area contributed by atoms with Crippen molar-refractivity contribution in [3.8, 4) is 5.75 Å². The molecule has 1 saturated heterocycles. The van der Waals surface area contributed by atoms with E-state index in [1.165, 1.54) is 5.56 Å². The second kappa shape index (κ2) is 6.69. The molecule has 1 atom stereocenters. The molecule has 1 aliphatic heterocycles. The predicted octanol–water partition coefficient (Wildman–Crippen LogP) is 3.38. The van der Waals surface area contributed by atoms with E-state index in [0.29, 0.717) is 5.02 Å². The van der Waals surface area contributed by atoms with Crippen molar-refractivity contribution in [3.05, 3.63) is 64.7 Å². The standard InChI is InChI=1S/C18H21ClN2O/c1-20-9-11-21(12-10-20)18(14-5-3-2-4-6-14)15-7-8-16(19)17(22)13-15/h2-8,13,18,22H,9-12H2,1H3. The van der Waals surface area contributed by atoms with Crippen LogP contribution < -0.4 is 0 Å². The molecule has 22 heavy (non-hydrogen) atoms. The first-order valence-electron chi connectivity index (χ1n) is 7.61. The van der Waals surface area contributed by atoms with Crippen LogP contribution in [0.1, 0.15) is 17.2 Å². The topological polar surface area (TPSA) is 26.7 Å². The largest absolute Gasteiger partial charge is 0.506 e. The van der Waals surface area contributed by atoms with Gasteiger partial charge in [-0.1, -0.05) is 48.0 Å². The Labute approximate surface area is 136 Å². The van der Waals surface area contributed by atoms with Crippen LogP contribution in [0.25, 0.3) is 0 Å². The summed E-state index contributed by atoms with van der Waals surface area (Å²) in [6.45, 7) is 4.14. The van der Waals surface area contributed by atoms with Gasteiger partial charge in [-0.05, 0) is 30.3 Å². The Hall–Kier alpha value is -1.55. The summed E-state index contributed by atoms with van der Waals surface area (Å²) in [4.78, 5) is 4.82. The maximum atomic E-state index is 9.98. The number of aromatic hydroxyl groups is 1. The van der Waals surface area contributed by atoms with E-state index in [1.807, 2.05) is 12.1 Å². The second-order valence-electron chi connectivity index (χ2n) is 5.86. The summed E-state index contributed by atoms with van der Waals surface area (Å²) in [6, 6.07) is 16.2. The molecule has 2 aromatic rings. The highest BCUT2D eigenvalue weighted by atomic mass is 35.5. The molecular weight excluding hydrogens is 296 g/mol. The molecule has 4 heteroatoms. The van der Waals surface area contributed by atoms with E-state index in [9.17, 15) is 5.11 Å². The fourth-order valence-corrected chi connectivity index (χ4v) is 3.15. The molecule has 0 bridgehead atoms. The van der Waals surface area contributed by atoms with E-state index in [2.05, 4.69) is 41.1 Å². The van der Waals surface area contributed by atoms with Gasteiger partial charge >= 0.3 is 0 Å². The van der Waals surface area contributed by atoms with Crippen molar-refractivity contribution in [3.63, 3.8) is 0 Å². The van der Waals surface area contributed by atoms with Crippen LogP contribution in [0.15, 0.2) is 48.5 Å². The summed E-state index contributed by atoms with van der Waals surface area (Å²) in [5.41, 5.74) is 2.33. The molecule has 3 nitrogen and oxygen atoms in total. The number of rotatable bonds is 3. The lowest BCUT2D eigenvalue weighted by Gasteiger charge is -2.38. The Morgan fingerprint density at radius 3 is 2.27 bits per heavy atom. The molecule has 1 aliphatic rings. The van der Waals surface area contributed by atoms with E-state index < -0.39 is 0 Å². The lowest BCUT2D eigenvalue weighted by Crippen LogP contribution is -2.46. The van der Waals surface area contributed by atoms with Crippen molar-refractivity contribution in [2.45, 2.75) is 6.04 Å². The summed E-state index contributed by atoms with van der Waals surface area (Å²) >= 11 is 5.97. The molecule has 2 aromatic carbocycles. The van der Waals surface area contributed by atoms with E-state index >= 15 is 0 Å². The first-order chi connectivity index (χ1) is 10.6. The van der Waals surface area contributed by atoms with Crippen LogP contribution in [0.4, 0.5) is 0 Å². The Kier molecular flexibility index (Phi) is 4.67. The first kappa shape index (κ1) is 15.3. The molecule has 1 fully saturated rings. The van der Waals surface area contributed by atoms with Gasteiger partial charge in [0, 0.05) is 26.2 Å². The SMILES string of the molecule is CN1CCN(C(c2ccccc2)c2ccc(Cl)c(O)c2)CC1. The molecular formula is C18H21ClN2O. The molecule has 0 aromatic heterocycles. The van der Waals surface area contributed by atoms with Crippen LogP contribution in [0, 0.1) is 0 Å². The summed E-state index contributed by atoms with van der Waals surface area (Å²) in [5, 5.41) is 10.4. The highest BCUT2D eigenvalue weighted by molar-refractivity contribution is 6.32. The van der Waals surface area contributed by atoms with Crippen molar-refractivity contribution in [1.29, 1.82) is 0 Å². The smallest absolute Gasteiger partial charge is 0.134 e. The highest BCUT2D eigenvalue weighted by Gasteiger charge is 2.25. The molecule has 0 spiro atoms. The van der Waals surface area contributed by atoms with Gasteiger partial charge in [0.1, 0.15) is 5.75 Å². The van der Waals surface area contributed by atoms with Gasteiger partial charge in [0.05, 0.1) is 11.1 Å². The maximum Gasteiger partial charge on any atom is 0.134 e. The average Bonchev–Trinajstić information content (AvgIpc) is 2.54. The summed E-state index contributed by atoms with van der Waals surface area (Å²) in [6.07, 6.45) is 0. The third-order valence-electron chi connectivity index (χ3n) is 4.30. The number of nitrogens with zero attached hydrogens (tertiary/aromatic N) is 2. The zero-order valence-electron chi connectivity index (χ0n) is 12.7. The predicted molar refractivity (Wildman–Crippen MR) is 90.5 cm³/mol. The van der Waals surface area contributed by atoms with E-state index in [-0.39, 0.29) is 11.8 Å². The number of hydrogen-bond acceptors (Lipinski definition) is 3. The molecule has 1 unspecified atom stereocenters. The zero-order valence-corrected chi connectivity index (χ0v) is 13.5. The van der Waals surface area contributed by atoms with Crippen LogP contribution in [0.3, 0.4) is 0 Å². The maximum absolute atomic E-state index is 9.98. The van der Waals surface area contributed by atoms with Crippen LogP contribution >= 0.6 is 11.6 Å². The Morgan fingerprint density at radius 2 is 1.64 bits per heavy atom. The number of phenols is 1. The van der Waals surface area contributed by atoms with Gasteiger partial charge in [-0.25, -0.2) is 0 Å². The quantitative estimate of drug-likeness (QED) is 0.940. The van der Waals surface area contributed by atoms with Crippen LogP contribution in [0.2, 0.25) is 5.02 Å². The zero-order chi connectivity index (χ0) is 15.5. The Balaban J connectivity index is 1.97. The third-order valence-corrected chi connectivity index (χ3v) is 4.62. The Bertz CT molecular complexity index is 624. The van der Waals surface area contributed by atoms with Gasteiger partial charge in [-0.2, -0.15) is 0 Å². The normalized spacial score (nSPS) is 18.3. The number of likely N-dealkylation sites (N-methyl/N-ethyl adjacent to an activating group) is 1. The second-order valence-corrected chi connectivity index (χ2v) is 6.27. The number of hydrogen-bond donors (Lipinski definition) is 1. The number of piperazine rings is 1. The van der Waals surface area contributed by atoms with Crippen molar-refractivity contribution >= 4 is 11.6 Å². The van der Waals surface area contributed by atoms with Gasteiger partial charge in [-0.15, -0.1) is 0 Å². The van der Waals surface area contributed by atoms with E-state index in [1.54, 1.807) is 12.1 Å². The van der Waals surface area contributed by atoms with Crippen LogP contribution in [-0.4, -0.2) is 48.1 Å². The molecule has 1 heterocycles.